The second-order valence-electron chi connectivity index (χ2n) is 5.07. The van der Waals surface area contributed by atoms with E-state index in [1.54, 1.807) is 42.5 Å². The zero-order chi connectivity index (χ0) is 16.6. The van der Waals surface area contributed by atoms with Crippen molar-refractivity contribution in [3.8, 4) is 0 Å². The van der Waals surface area contributed by atoms with Crippen LogP contribution < -0.4 is 10.2 Å². The van der Waals surface area contributed by atoms with Crippen molar-refractivity contribution in [2.75, 3.05) is 10.2 Å². The summed E-state index contributed by atoms with van der Waals surface area (Å²) in [6.07, 6.45) is 0.0772. The summed E-state index contributed by atoms with van der Waals surface area (Å²) in [5.41, 5.74) is 1.12. The van der Waals surface area contributed by atoms with Crippen LogP contribution in [0.3, 0.4) is 0 Å². The second kappa shape index (κ2) is 6.51. The lowest BCUT2D eigenvalue weighted by atomic mass is 10.2. The van der Waals surface area contributed by atoms with Gasteiger partial charge in [0.1, 0.15) is 6.04 Å². The molecule has 1 heterocycles. The van der Waals surface area contributed by atoms with E-state index in [4.69, 9.17) is 23.2 Å². The molecule has 2 amide bonds. The van der Waals surface area contributed by atoms with Gasteiger partial charge in [-0.2, -0.15) is 0 Å². The number of amides is 2. The third-order valence-electron chi connectivity index (χ3n) is 3.49. The van der Waals surface area contributed by atoms with Gasteiger partial charge in [-0.3, -0.25) is 9.59 Å². The monoisotopic (exact) mass is 412 g/mol. The van der Waals surface area contributed by atoms with E-state index in [0.29, 0.717) is 21.4 Å². The molecule has 0 aromatic heterocycles. The number of rotatable bonds is 3. The number of carbonyl (C=O) groups is 2. The minimum Gasteiger partial charge on any atom is -0.372 e. The fourth-order valence-electron chi connectivity index (χ4n) is 2.40. The summed E-state index contributed by atoms with van der Waals surface area (Å²) >= 11 is 15.3. The minimum absolute atomic E-state index is 0.0772. The van der Waals surface area contributed by atoms with Crippen molar-refractivity contribution >= 4 is 62.3 Å². The predicted molar refractivity (Wildman–Crippen MR) is 95.1 cm³/mol. The molecule has 0 saturated carbocycles. The van der Waals surface area contributed by atoms with E-state index >= 15 is 0 Å². The molecule has 1 aliphatic heterocycles. The number of nitrogens with zero attached hydrogens (tertiary/aromatic N) is 1. The van der Waals surface area contributed by atoms with Gasteiger partial charge in [-0.15, -0.1) is 0 Å². The van der Waals surface area contributed by atoms with Crippen molar-refractivity contribution in [3.05, 3.63) is 57.0 Å². The standard InChI is InChI=1S/C16H11BrCl2N2O2/c17-9-1-4-11(5-2-9)21-15(22)8-14(16(21)23)20-13-6-3-10(18)7-12(13)19/h1-7,14,20H,8H2. The molecule has 3 rings (SSSR count). The Morgan fingerprint density at radius 2 is 1.78 bits per heavy atom. The molecule has 0 radical (unpaired) electrons. The highest BCUT2D eigenvalue weighted by Crippen LogP contribution is 2.30. The van der Waals surface area contributed by atoms with Crippen LogP contribution in [0.4, 0.5) is 11.4 Å². The van der Waals surface area contributed by atoms with Gasteiger partial charge in [-0.05, 0) is 42.5 Å². The molecule has 118 valence electrons. The average molecular weight is 414 g/mol. The molecule has 0 aliphatic carbocycles. The molecule has 0 bridgehead atoms. The van der Waals surface area contributed by atoms with Gasteiger partial charge in [0.25, 0.3) is 5.91 Å². The largest absolute Gasteiger partial charge is 0.372 e. The Morgan fingerprint density at radius 1 is 1.09 bits per heavy atom. The number of carbonyl (C=O) groups excluding carboxylic acids is 2. The van der Waals surface area contributed by atoms with Gasteiger partial charge in [-0.25, -0.2) is 4.90 Å². The normalized spacial score (nSPS) is 17.7. The summed E-state index contributed by atoms with van der Waals surface area (Å²) in [7, 11) is 0. The molecular formula is C16H11BrCl2N2O2. The van der Waals surface area contributed by atoms with E-state index in [0.717, 1.165) is 4.47 Å². The van der Waals surface area contributed by atoms with Crippen LogP contribution in [0.2, 0.25) is 10.0 Å². The molecule has 1 fully saturated rings. The summed E-state index contributed by atoms with van der Waals surface area (Å²) < 4.78 is 0.878. The molecule has 2 aromatic carbocycles. The Kier molecular flexibility index (Phi) is 4.62. The van der Waals surface area contributed by atoms with Crippen LogP contribution in [0.25, 0.3) is 0 Å². The van der Waals surface area contributed by atoms with Crippen LogP contribution in [-0.4, -0.2) is 17.9 Å². The molecule has 7 heteroatoms. The molecular weight excluding hydrogens is 403 g/mol. The van der Waals surface area contributed by atoms with Crippen molar-refractivity contribution in [1.82, 2.24) is 0 Å². The lowest BCUT2D eigenvalue weighted by Gasteiger charge is -2.16. The molecule has 4 nitrogen and oxygen atoms in total. The Bertz CT molecular complexity index is 780. The van der Waals surface area contributed by atoms with Gasteiger partial charge in [0.2, 0.25) is 5.91 Å². The molecule has 0 spiro atoms. The third kappa shape index (κ3) is 3.37. The van der Waals surface area contributed by atoms with Crippen LogP contribution in [-0.2, 0) is 9.59 Å². The Hall–Kier alpha value is -1.56. The molecule has 1 saturated heterocycles. The molecule has 23 heavy (non-hydrogen) atoms. The molecule has 2 aromatic rings. The van der Waals surface area contributed by atoms with Gasteiger partial charge in [0.15, 0.2) is 0 Å². The molecule has 1 N–H and O–H groups in total. The van der Waals surface area contributed by atoms with E-state index in [-0.39, 0.29) is 18.2 Å². The SMILES string of the molecule is O=C1CC(Nc2ccc(Cl)cc2Cl)C(=O)N1c1ccc(Br)cc1. The first kappa shape index (κ1) is 16.3. The summed E-state index contributed by atoms with van der Waals surface area (Å²) in [6.45, 7) is 0. The first-order chi connectivity index (χ1) is 11.0. The zero-order valence-electron chi connectivity index (χ0n) is 11.7. The van der Waals surface area contributed by atoms with Crippen LogP contribution in [0, 0.1) is 0 Å². The van der Waals surface area contributed by atoms with Gasteiger partial charge in [0.05, 0.1) is 22.8 Å². The smallest absolute Gasteiger partial charge is 0.256 e. The maximum atomic E-state index is 12.5. The van der Waals surface area contributed by atoms with Crippen LogP contribution >= 0.6 is 39.1 Å². The topological polar surface area (TPSA) is 49.4 Å². The maximum absolute atomic E-state index is 12.5. The van der Waals surface area contributed by atoms with Gasteiger partial charge in [-0.1, -0.05) is 39.1 Å². The second-order valence-corrected chi connectivity index (χ2v) is 6.83. The van der Waals surface area contributed by atoms with E-state index in [2.05, 4.69) is 21.2 Å². The highest BCUT2D eigenvalue weighted by atomic mass is 79.9. The summed E-state index contributed by atoms with van der Waals surface area (Å²) in [5.74, 6) is -0.553. The quantitative estimate of drug-likeness (QED) is 0.753. The Morgan fingerprint density at radius 3 is 2.43 bits per heavy atom. The number of benzene rings is 2. The van der Waals surface area contributed by atoms with E-state index in [1.165, 1.54) is 4.90 Å². The van der Waals surface area contributed by atoms with Crippen LogP contribution in [0.15, 0.2) is 46.9 Å². The Balaban J connectivity index is 1.82. The molecule has 1 aliphatic rings. The lowest BCUT2D eigenvalue weighted by molar-refractivity contribution is -0.121. The lowest BCUT2D eigenvalue weighted by Crippen LogP contribution is -2.34. The fraction of sp³-hybridized carbons (Fsp3) is 0.125. The van der Waals surface area contributed by atoms with Crippen LogP contribution in [0.1, 0.15) is 6.42 Å². The maximum Gasteiger partial charge on any atom is 0.256 e. The average Bonchev–Trinajstić information content (AvgIpc) is 2.78. The number of nitrogens with one attached hydrogen (secondary N) is 1. The first-order valence-corrected chi connectivity index (χ1v) is 8.34. The van der Waals surface area contributed by atoms with Crippen molar-refractivity contribution in [3.63, 3.8) is 0 Å². The third-order valence-corrected chi connectivity index (χ3v) is 4.57. The molecule has 1 unspecified atom stereocenters. The highest BCUT2D eigenvalue weighted by molar-refractivity contribution is 9.10. The summed E-state index contributed by atoms with van der Waals surface area (Å²) in [5, 5.41) is 3.92. The number of hydrogen-bond donors (Lipinski definition) is 1. The minimum atomic E-state index is -0.648. The zero-order valence-corrected chi connectivity index (χ0v) is 14.8. The first-order valence-electron chi connectivity index (χ1n) is 6.79. The number of halogens is 3. The van der Waals surface area contributed by atoms with Crippen molar-refractivity contribution in [2.24, 2.45) is 0 Å². The van der Waals surface area contributed by atoms with Crippen molar-refractivity contribution in [2.45, 2.75) is 12.5 Å². The highest BCUT2D eigenvalue weighted by Gasteiger charge is 2.39. The number of imide groups is 1. The fourth-order valence-corrected chi connectivity index (χ4v) is 3.13. The van der Waals surface area contributed by atoms with Gasteiger partial charge >= 0.3 is 0 Å². The van der Waals surface area contributed by atoms with Gasteiger partial charge in [0, 0.05) is 9.50 Å². The summed E-state index contributed by atoms with van der Waals surface area (Å²) in [4.78, 5) is 25.9. The van der Waals surface area contributed by atoms with E-state index in [9.17, 15) is 9.59 Å². The number of hydrogen-bond acceptors (Lipinski definition) is 3. The van der Waals surface area contributed by atoms with Crippen molar-refractivity contribution in [1.29, 1.82) is 0 Å². The van der Waals surface area contributed by atoms with Crippen molar-refractivity contribution < 1.29 is 9.59 Å². The van der Waals surface area contributed by atoms with Gasteiger partial charge < -0.3 is 5.32 Å². The van der Waals surface area contributed by atoms with E-state index in [1.807, 2.05) is 0 Å². The van der Waals surface area contributed by atoms with E-state index < -0.39 is 6.04 Å². The summed E-state index contributed by atoms with van der Waals surface area (Å²) in [6, 6.07) is 11.3. The van der Waals surface area contributed by atoms with Crippen LogP contribution in [0.5, 0.6) is 0 Å². The molecule has 1 atom stereocenters. The predicted octanol–water partition coefficient (Wildman–Crippen LogP) is 4.50. The number of anilines is 2. The Labute approximate surface area is 151 Å².